The van der Waals surface area contributed by atoms with Gasteiger partial charge in [0.05, 0.1) is 19.3 Å². The van der Waals surface area contributed by atoms with Crippen molar-refractivity contribution < 1.29 is 9.84 Å². The lowest BCUT2D eigenvalue weighted by molar-refractivity contribution is -0.0453. The van der Waals surface area contributed by atoms with E-state index in [1.54, 1.807) is 0 Å². The summed E-state index contributed by atoms with van der Waals surface area (Å²) < 4.78 is 5.21. The highest BCUT2D eigenvalue weighted by Crippen LogP contribution is 2.00. The van der Waals surface area contributed by atoms with Gasteiger partial charge in [0.25, 0.3) is 0 Å². The minimum absolute atomic E-state index is 0.0451. The van der Waals surface area contributed by atoms with Gasteiger partial charge < -0.3 is 14.7 Å². The molecule has 1 saturated heterocycles. The molecule has 1 aliphatic rings. The first-order chi connectivity index (χ1) is 4.33. The molecule has 0 aromatic heterocycles. The number of likely N-dealkylation sites (N-methyl/N-ethyl adjacent to an activating group) is 1. The van der Waals surface area contributed by atoms with Crippen LogP contribution in [0.3, 0.4) is 0 Å². The first-order valence-electron chi connectivity index (χ1n) is 3.24. The maximum absolute atomic E-state index is 8.66. The molecule has 1 aliphatic heterocycles. The van der Waals surface area contributed by atoms with E-state index in [1.807, 2.05) is 7.05 Å². The molecule has 0 radical (unpaired) electrons. The zero-order chi connectivity index (χ0) is 6.69. The van der Waals surface area contributed by atoms with Crippen LogP contribution in [0.15, 0.2) is 0 Å². The Hall–Kier alpha value is -0.120. The van der Waals surface area contributed by atoms with E-state index in [1.165, 1.54) is 0 Å². The molecule has 3 heteroatoms. The Morgan fingerprint density at radius 3 is 3.00 bits per heavy atom. The molecule has 1 atom stereocenters. The van der Waals surface area contributed by atoms with Crippen molar-refractivity contribution in [3.63, 3.8) is 0 Å². The topological polar surface area (TPSA) is 32.7 Å². The van der Waals surface area contributed by atoms with Gasteiger partial charge in [-0.1, -0.05) is 0 Å². The van der Waals surface area contributed by atoms with Crippen molar-refractivity contribution in [2.75, 3.05) is 33.4 Å². The van der Waals surface area contributed by atoms with Crippen LogP contribution in [0.1, 0.15) is 0 Å². The van der Waals surface area contributed by atoms with Crippen LogP contribution >= 0.6 is 0 Å². The van der Waals surface area contributed by atoms with Gasteiger partial charge in [0.15, 0.2) is 0 Å². The first kappa shape index (κ1) is 6.99. The second-order valence-electron chi connectivity index (χ2n) is 2.44. The Bertz CT molecular complexity index is 87.1. The summed E-state index contributed by atoms with van der Waals surface area (Å²) in [6, 6.07) is 0. The molecule has 9 heavy (non-hydrogen) atoms. The van der Waals surface area contributed by atoms with Crippen LogP contribution in [0.2, 0.25) is 0 Å². The van der Waals surface area contributed by atoms with E-state index in [2.05, 4.69) is 4.90 Å². The predicted octanol–water partition coefficient (Wildman–Crippen LogP) is -0.691. The highest BCUT2D eigenvalue weighted by molar-refractivity contribution is 4.66. The van der Waals surface area contributed by atoms with Crippen molar-refractivity contribution in [3.8, 4) is 0 Å². The summed E-state index contributed by atoms with van der Waals surface area (Å²) in [6.07, 6.45) is 0.0451. The molecule has 0 aliphatic carbocycles. The number of hydrogen-bond donors (Lipinski definition) is 1. The van der Waals surface area contributed by atoms with Crippen molar-refractivity contribution >= 4 is 0 Å². The number of rotatable bonds is 1. The molecule has 0 amide bonds. The van der Waals surface area contributed by atoms with Crippen molar-refractivity contribution in [2.24, 2.45) is 0 Å². The van der Waals surface area contributed by atoms with Gasteiger partial charge in [-0.25, -0.2) is 0 Å². The second kappa shape index (κ2) is 3.15. The van der Waals surface area contributed by atoms with E-state index in [9.17, 15) is 0 Å². The van der Waals surface area contributed by atoms with Gasteiger partial charge in [0.1, 0.15) is 0 Å². The Labute approximate surface area is 55.2 Å². The summed E-state index contributed by atoms with van der Waals surface area (Å²) in [5.74, 6) is 0. The average Bonchev–Trinajstić information content (AvgIpc) is 1.88. The fourth-order valence-electron chi connectivity index (χ4n) is 0.977. The third-order valence-corrected chi connectivity index (χ3v) is 1.55. The number of aliphatic hydroxyl groups excluding tert-OH is 1. The standard InChI is InChI=1S/C6H13NO2/c1-7-2-3-9-6(4-7)5-8/h6,8H,2-5H2,1H3. The normalized spacial score (nSPS) is 30.7. The number of morpholine rings is 1. The molecule has 1 fully saturated rings. The highest BCUT2D eigenvalue weighted by atomic mass is 16.5. The maximum atomic E-state index is 8.66. The molecule has 1 unspecified atom stereocenters. The summed E-state index contributed by atoms with van der Waals surface area (Å²) in [5, 5.41) is 8.66. The highest BCUT2D eigenvalue weighted by Gasteiger charge is 2.15. The van der Waals surface area contributed by atoms with Gasteiger partial charge >= 0.3 is 0 Å². The molecule has 1 rings (SSSR count). The van der Waals surface area contributed by atoms with Crippen molar-refractivity contribution in [1.29, 1.82) is 0 Å². The molecule has 3 nitrogen and oxygen atoms in total. The maximum Gasteiger partial charge on any atom is 0.0932 e. The summed E-state index contributed by atoms with van der Waals surface area (Å²) >= 11 is 0. The average molecular weight is 131 g/mol. The molecule has 0 saturated carbocycles. The third-order valence-electron chi connectivity index (χ3n) is 1.55. The SMILES string of the molecule is CN1CCOC(CO)C1. The van der Waals surface area contributed by atoms with Gasteiger partial charge in [-0.15, -0.1) is 0 Å². The van der Waals surface area contributed by atoms with Crippen molar-refractivity contribution in [3.05, 3.63) is 0 Å². The molecular formula is C6H13NO2. The van der Waals surface area contributed by atoms with Gasteiger partial charge in [-0.2, -0.15) is 0 Å². The fourth-order valence-corrected chi connectivity index (χ4v) is 0.977. The van der Waals surface area contributed by atoms with E-state index in [0.29, 0.717) is 0 Å². The van der Waals surface area contributed by atoms with Crippen molar-refractivity contribution in [2.45, 2.75) is 6.10 Å². The van der Waals surface area contributed by atoms with Crippen LogP contribution in [-0.2, 0) is 4.74 Å². The number of hydrogen-bond acceptors (Lipinski definition) is 3. The van der Waals surface area contributed by atoms with E-state index >= 15 is 0 Å². The monoisotopic (exact) mass is 131 g/mol. The summed E-state index contributed by atoms with van der Waals surface area (Å²) in [6.45, 7) is 2.74. The molecule has 1 heterocycles. The fraction of sp³-hybridized carbons (Fsp3) is 1.00. The molecular weight excluding hydrogens is 118 g/mol. The summed E-state index contributed by atoms with van der Waals surface area (Å²) in [5.41, 5.74) is 0. The Morgan fingerprint density at radius 2 is 2.56 bits per heavy atom. The van der Waals surface area contributed by atoms with Gasteiger partial charge in [-0.3, -0.25) is 0 Å². The van der Waals surface area contributed by atoms with E-state index in [-0.39, 0.29) is 12.7 Å². The molecule has 0 bridgehead atoms. The van der Waals surface area contributed by atoms with E-state index in [4.69, 9.17) is 9.84 Å². The molecule has 0 spiro atoms. The van der Waals surface area contributed by atoms with Gasteiger partial charge in [0.2, 0.25) is 0 Å². The van der Waals surface area contributed by atoms with Crippen LogP contribution in [-0.4, -0.2) is 49.5 Å². The predicted molar refractivity (Wildman–Crippen MR) is 34.3 cm³/mol. The molecule has 0 aromatic rings. The lowest BCUT2D eigenvalue weighted by Crippen LogP contribution is -2.41. The van der Waals surface area contributed by atoms with Gasteiger partial charge in [0, 0.05) is 13.1 Å². The zero-order valence-corrected chi connectivity index (χ0v) is 5.71. The zero-order valence-electron chi connectivity index (χ0n) is 5.71. The van der Waals surface area contributed by atoms with E-state index in [0.717, 1.165) is 19.7 Å². The second-order valence-corrected chi connectivity index (χ2v) is 2.44. The smallest absolute Gasteiger partial charge is 0.0932 e. The minimum atomic E-state index is 0.0451. The molecule has 54 valence electrons. The number of ether oxygens (including phenoxy) is 1. The lowest BCUT2D eigenvalue weighted by atomic mass is 10.3. The summed E-state index contributed by atoms with van der Waals surface area (Å²) in [7, 11) is 2.03. The van der Waals surface area contributed by atoms with Gasteiger partial charge in [-0.05, 0) is 7.05 Å². The van der Waals surface area contributed by atoms with Crippen LogP contribution in [0.25, 0.3) is 0 Å². The van der Waals surface area contributed by atoms with Crippen LogP contribution < -0.4 is 0 Å². The largest absolute Gasteiger partial charge is 0.394 e. The Balaban J connectivity index is 2.23. The number of nitrogens with zero attached hydrogens (tertiary/aromatic N) is 1. The van der Waals surface area contributed by atoms with Crippen LogP contribution in [0.4, 0.5) is 0 Å². The summed E-state index contributed by atoms with van der Waals surface area (Å²) in [4.78, 5) is 2.16. The first-order valence-corrected chi connectivity index (χ1v) is 3.24. The Kier molecular flexibility index (Phi) is 2.45. The van der Waals surface area contributed by atoms with Crippen molar-refractivity contribution in [1.82, 2.24) is 4.90 Å². The Morgan fingerprint density at radius 1 is 1.78 bits per heavy atom. The quantitative estimate of drug-likeness (QED) is 0.511. The van der Waals surface area contributed by atoms with Crippen LogP contribution in [0, 0.1) is 0 Å². The molecule has 0 aromatic carbocycles. The van der Waals surface area contributed by atoms with Crippen LogP contribution in [0.5, 0.6) is 0 Å². The third kappa shape index (κ3) is 1.93. The minimum Gasteiger partial charge on any atom is -0.394 e. The van der Waals surface area contributed by atoms with E-state index < -0.39 is 0 Å². The molecule has 1 N–H and O–H groups in total. The number of aliphatic hydroxyl groups is 1. The lowest BCUT2D eigenvalue weighted by Gasteiger charge is -2.28.